The summed E-state index contributed by atoms with van der Waals surface area (Å²) in [6.07, 6.45) is -0.318. The Morgan fingerprint density at radius 2 is 2.00 bits per heavy atom. The molecule has 1 aromatic carbocycles. The van der Waals surface area contributed by atoms with Crippen LogP contribution in [0.5, 0.6) is 0 Å². The predicted molar refractivity (Wildman–Crippen MR) is 92.2 cm³/mol. The second-order valence-electron chi connectivity index (χ2n) is 6.24. The van der Waals surface area contributed by atoms with Crippen LogP contribution in [0.4, 0.5) is 0 Å². The Morgan fingerprint density at radius 1 is 1.24 bits per heavy atom. The molecule has 4 rings (SSSR count). The highest BCUT2D eigenvalue weighted by molar-refractivity contribution is 6.04. The highest BCUT2D eigenvalue weighted by Gasteiger charge is 2.29. The molecule has 1 fully saturated rings. The standard InChI is InChI=1S/C18H19N5O2/c1-11-9-12(2)20-17(19-11)15-10-23(7-8-25-15)18(24)16-13-5-3-4-6-14(13)21-22-16/h3-6,9,15H,7-8,10H2,1-2H3,(H,21,22)/t15-/m0/s1. The molecule has 1 aliphatic heterocycles. The van der Waals surface area contributed by atoms with Gasteiger partial charge in [0.1, 0.15) is 6.10 Å². The Bertz CT molecular complexity index is 916. The molecule has 3 aromatic rings. The second kappa shape index (κ2) is 6.25. The van der Waals surface area contributed by atoms with Gasteiger partial charge >= 0.3 is 0 Å². The monoisotopic (exact) mass is 337 g/mol. The number of aromatic amines is 1. The van der Waals surface area contributed by atoms with E-state index < -0.39 is 0 Å². The van der Waals surface area contributed by atoms with E-state index in [-0.39, 0.29) is 12.0 Å². The average molecular weight is 337 g/mol. The van der Waals surface area contributed by atoms with Crippen LogP contribution < -0.4 is 0 Å². The minimum atomic E-state index is -0.318. The number of benzene rings is 1. The molecule has 0 aliphatic carbocycles. The summed E-state index contributed by atoms with van der Waals surface area (Å²) in [6.45, 7) is 5.26. The van der Waals surface area contributed by atoms with Crippen LogP contribution in [0.25, 0.3) is 10.9 Å². The normalized spacial score (nSPS) is 17.8. The summed E-state index contributed by atoms with van der Waals surface area (Å²) >= 11 is 0. The number of amides is 1. The maximum absolute atomic E-state index is 12.9. The molecule has 7 heteroatoms. The van der Waals surface area contributed by atoms with Crippen LogP contribution in [-0.4, -0.2) is 50.7 Å². The summed E-state index contributed by atoms with van der Waals surface area (Å²) in [5.74, 6) is 0.525. The number of fused-ring (bicyclic) bond motifs is 1. The largest absolute Gasteiger partial charge is 0.367 e. The molecule has 25 heavy (non-hydrogen) atoms. The zero-order chi connectivity index (χ0) is 17.4. The maximum atomic E-state index is 12.9. The minimum absolute atomic E-state index is 0.102. The van der Waals surface area contributed by atoms with E-state index in [0.717, 1.165) is 22.3 Å². The summed E-state index contributed by atoms with van der Waals surface area (Å²) in [5, 5.41) is 7.95. The van der Waals surface area contributed by atoms with Gasteiger partial charge in [0.15, 0.2) is 11.5 Å². The summed E-state index contributed by atoms with van der Waals surface area (Å²) in [4.78, 5) is 23.6. The molecule has 0 spiro atoms. The van der Waals surface area contributed by atoms with Gasteiger partial charge in [0, 0.05) is 23.3 Å². The lowest BCUT2D eigenvalue weighted by Gasteiger charge is -2.32. The number of para-hydroxylation sites is 1. The molecule has 0 radical (unpaired) electrons. The first-order chi connectivity index (χ1) is 12.1. The van der Waals surface area contributed by atoms with Crippen molar-refractivity contribution in [2.45, 2.75) is 20.0 Å². The van der Waals surface area contributed by atoms with Gasteiger partial charge in [0.2, 0.25) is 0 Å². The first kappa shape index (κ1) is 15.7. The number of H-pyrrole nitrogens is 1. The van der Waals surface area contributed by atoms with Crippen molar-refractivity contribution >= 4 is 16.8 Å². The number of aromatic nitrogens is 4. The third kappa shape index (κ3) is 2.98. The Balaban J connectivity index is 1.59. The number of morpholine rings is 1. The van der Waals surface area contributed by atoms with Crippen molar-refractivity contribution in [3.05, 3.63) is 53.2 Å². The number of rotatable bonds is 2. The van der Waals surface area contributed by atoms with Crippen LogP contribution in [0.2, 0.25) is 0 Å². The van der Waals surface area contributed by atoms with E-state index in [1.165, 1.54) is 0 Å². The number of hydrogen-bond donors (Lipinski definition) is 1. The lowest BCUT2D eigenvalue weighted by atomic mass is 10.1. The number of ether oxygens (including phenoxy) is 1. The molecular formula is C18H19N5O2. The zero-order valence-corrected chi connectivity index (χ0v) is 14.2. The fraction of sp³-hybridized carbons (Fsp3) is 0.333. The highest BCUT2D eigenvalue weighted by Crippen LogP contribution is 2.23. The molecule has 1 amide bonds. The molecule has 1 aliphatic rings. The third-order valence-corrected chi connectivity index (χ3v) is 4.31. The van der Waals surface area contributed by atoms with Crippen molar-refractivity contribution in [3.8, 4) is 0 Å². The molecule has 1 saturated heterocycles. The summed E-state index contributed by atoms with van der Waals surface area (Å²) in [7, 11) is 0. The van der Waals surface area contributed by atoms with Gasteiger partial charge in [0.05, 0.1) is 18.7 Å². The van der Waals surface area contributed by atoms with Gasteiger partial charge in [-0.1, -0.05) is 18.2 Å². The summed E-state index contributed by atoms with van der Waals surface area (Å²) in [6, 6.07) is 9.55. The second-order valence-corrected chi connectivity index (χ2v) is 6.24. The number of aryl methyl sites for hydroxylation is 2. The fourth-order valence-electron chi connectivity index (χ4n) is 3.16. The highest BCUT2D eigenvalue weighted by atomic mass is 16.5. The van der Waals surface area contributed by atoms with E-state index in [0.29, 0.717) is 31.2 Å². The lowest BCUT2D eigenvalue weighted by Crippen LogP contribution is -2.43. The van der Waals surface area contributed by atoms with Gasteiger partial charge in [-0.15, -0.1) is 0 Å². The summed E-state index contributed by atoms with van der Waals surface area (Å²) in [5.41, 5.74) is 3.09. The van der Waals surface area contributed by atoms with E-state index in [9.17, 15) is 4.79 Å². The quantitative estimate of drug-likeness (QED) is 0.775. The number of nitrogens with zero attached hydrogens (tertiary/aromatic N) is 4. The van der Waals surface area contributed by atoms with Crippen molar-refractivity contribution < 1.29 is 9.53 Å². The predicted octanol–water partition coefficient (Wildman–Crippen LogP) is 2.18. The third-order valence-electron chi connectivity index (χ3n) is 4.31. The molecule has 0 unspecified atom stereocenters. The Kier molecular flexibility index (Phi) is 3.93. The Hall–Kier alpha value is -2.80. The molecule has 0 bridgehead atoms. The molecule has 2 aromatic heterocycles. The van der Waals surface area contributed by atoms with Crippen LogP contribution in [-0.2, 0) is 4.74 Å². The van der Waals surface area contributed by atoms with Crippen molar-refractivity contribution in [3.63, 3.8) is 0 Å². The Morgan fingerprint density at radius 3 is 2.80 bits per heavy atom. The number of nitrogens with one attached hydrogen (secondary N) is 1. The smallest absolute Gasteiger partial charge is 0.275 e. The van der Waals surface area contributed by atoms with E-state index in [4.69, 9.17) is 4.74 Å². The van der Waals surface area contributed by atoms with E-state index in [2.05, 4.69) is 20.2 Å². The van der Waals surface area contributed by atoms with E-state index >= 15 is 0 Å². The lowest BCUT2D eigenvalue weighted by molar-refractivity contribution is -0.0270. The Labute approximate surface area is 145 Å². The maximum Gasteiger partial charge on any atom is 0.275 e. The number of carbonyl (C=O) groups is 1. The van der Waals surface area contributed by atoms with Crippen molar-refractivity contribution in [1.82, 2.24) is 25.1 Å². The zero-order valence-electron chi connectivity index (χ0n) is 14.2. The van der Waals surface area contributed by atoms with Crippen LogP contribution in [0.1, 0.15) is 33.8 Å². The van der Waals surface area contributed by atoms with Crippen LogP contribution in [0, 0.1) is 13.8 Å². The molecule has 7 nitrogen and oxygen atoms in total. The number of carbonyl (C=O) groups excluding carboxylic acids is 1. The number of hydrogen-bond acceptors (Lipinski definition) is 5. The van der Waals surface area contributed by atoms with Crippen LogP contribution in [0.15, 0.2) is 30.3 Å². The fourth-order valence-corrected chi connectivity index (χ4v) is 3.16. The van der Waals surface area contributed by atoms with Crippen LogP contribution in [0.3, 0.4) is 0 Å². The summed E-state index contributed by atoms with van der Waals surface area (Å²) < 4.78 is 5.81. The van der Waals surface area contributed by atoms with Gasteiger partial charge < -0.3 is 9.64 Å². The van der Waals surface area contributed by atoms with Crippen LogP contribution >= 0.6 is 0 Å². The minimum Gasteiger partial charge on any atom is -0.367 e. The van der Waals surface area contributed by atoms with Crippen molar-refractivity contribution in [1.29, 1.82) is 0 Å². The first-order valence-corrected chi connectivity index (χ1v) is 8.28. The molecule has 3 heterocycles. The molecule has 1 N–H and O–H groups in total. The van der Waals surface area contributed by atoms with E-state index in [1.807, 2.05) is 44.2 Å². The van der Waals surface area contributed by atoms with E-state index in [1.54, 1.807) is 4.90 Å². The molecular weight excluding hydrogens is 318 g/mol. The van der Waals surface area contributed by atoms with Gasteiger partial charge in [-0.3, -0.25) is 9.89 Å². The van der Waals surface area contributed by atoms with Gasteiger partial charge in [-0.25, -0.2) is 9.97 Å². The SMILES string of the molecule is Cc1cc(C)nc([C@@H]2CN(C(=O)c3n[nH]c4ccccc34)CCO2)n1. The van der Waals surface area contributed by atoms with Gasteiger partial charge in [-0.05, 0) is 26.0 Å². The molecule has 1 atom stereocenters. The molecule has 0 saturated carbocycles. The van der Waals surface area contributed by atoms with Crippen molar-refractivity contribution in [2.24, 2.45) is 0 Å². The first-order valence-electron chi connectivity index (χ1n) is 8.28. The average Bonchev–Trinajstić information content (AvgIpc) is 3.04. The van der Waals surface area contributed by atoms with Crippen molar-refractivity contribution in [2.75, 3.05) is 19.7 Å². The molecule has 128 valence electrons. The van der Waals surface area contributed by atoms with Gasteiger partial charge in [-0.2, -0.15) is 5.10 Å². The topological polar surface area (TPSA) is 84.0 Å². The van der Waals surface area contributed by atoms with Gasteiger partial charge in [0.25, 0.3) is 5.91 Å².